The number of nitrogens with one attached hydrogen (secondary N) is 1. The number of piperidine rings is 1. The molecule has 2 amide bonds. The first-order chi connectivity index (χ1) is 15.9. The number of benzene rings is 1. The molecule has 0 saturated carbocycles. The highest BCUT2D eigenvalue weighted by atomic mass is 32.1. The lowest BCUT2D eigenvalue weighted by molar-refractivity contribution is -0.152. The average molecular weight is 470 g/mol. The van der Waals surface area contributed by atoms with E-state index in [9.17, 15) is 19.2 Å². The molecular weight excluding hydrogens is 442 g/mol. The number of aryl methyl sites for hydroxylation is 1. The number of rotatable bonds is 5. The number of carbonyl (C=O) groups excluding carboxylic acids is 4. The van der Waals surface area contributed by atoms with E-state index in [1.165, 1.54) is 0 Å². The lowest BCUT2D eigenvalue weighted by atomic mass is 9.87. The van der Waals surface area contributed by atoms with Gasteiger partial charge >= 0.3 is 5.97 Å². The third kappa shape index (κ3) is 5.13. The fourth-order valence-electron chi connectivity index (χ4n) is 4.40. The first-order valence-electron chi connectivity index (χ1n) is 11.2. The van der Waals surface area contributed by atoms with E-state index in [-0.39, 0.29) is 35.9 Å². The molecule has 8 nitrogen and oxygen atoms in total. The number of aromatic nitrogens is 1. The van der Waals surface area contributed by atoms with Crippen LogP contribution < -0.4 is 5.32 Å². The van der Waals surface area contributed by atoms with Crippen LogP contribution in [0.4, 0.5) is 5.13 Å². The normalized spacial score (nSPS) is 20.2. The minimum Gasteiger partial charge on any atom is -0.466 e. The maximum absolute atomic E-state index is 13.2. The number of carbonyl (C=O) groups is 4. The number of hydrogen-bond donors (Lipinski definition) is 1. The molecule has 0 spiro atoms. The van der Waals surface area contributed by atoms with Gasteiger partial charge in [-0.1, -0.05) is 29.0 Å². The van der Waals surface area contributed by atoms with Gasteiger partial charge in [-0.15, -0.1) is 0 Å². The van der Waals surface area contributed by atoms with Crippen LogP contribution in [0.1, 0.15) is 57.5 Å². The molecule has 33 heavy (non-hydrogen) atoms. The maximum atomic E-state index is 13.2. The van der Waals surface area contributed by atoms with Crippen LogP contribution >= 0.6 is 11.3 Å². The van der Waals surface area contributed by atoms with Crippen molar-refractivity contribution in [2.75, 3.05) is 25.0 Å². The highest BCUT2D eigenvalue weighted by molar-refractivity contribution is 7.17. The Morgan fingerprint density at radius 1 is 1.24 bits per heavy atom. The largest absolute Gasteiger partial charge is 0.466 e. The zero-order valence-corrected chi connectivity index (χ0v) is 19.6. The van der Waals surface area contributed by atoms with E-state index in [0.717, 1.165) is 23.3 Å². The van der Waals surface area contributed by atoms with Crippen molar-refractivity contribution in [1.82, 2.24) is 9.88 Å². The van der Waals surface area contributed by atoms with E-state index >= 15 is 0 Å². The average Bonchev–Trinajstić information content (AvgIpc) is 3.22. The molecule has 4 rings (SSSR count). The van der Waals surface area contributed by atoms with Crippen molar-refractivity contribution < 1.29 is 23.9 Å². The summed E-state index contributed by atoms with van der Waals surface area (Å²) in [6, 6.07) is 7.22. The summed E-state index contributed by atoms with van der Waals surface area (Å²) in [6.45, 7) is 4.88. The first-order valence-corrected chi connectivity index (χ1v) is 12.0. The van der Waals surface area contributed by atoms with Gasteiger partial charge in [-0.2, -0.15) is 0 Å². The van der Waals surface area contributed by atoms with Crippen molar-refractivity contribution in [2.45, 2.75) is 39.5 Å². The molecule has 0 bridgehead atoms. The zero-order chi connectivity index (χ0) is 23.5. The number of hydrogen-bond acceptors (Lipinski definition) is 7. The van der Waals surface area contributed by atoms with E-state index < -0.39 is 5.92 Å². The predicted molar refractivity (Wildman–Crippen MR) is 123 cm³/mol. The Balaban J connectivity index is 1.43. The topological polar surface area (TPSA) is 106 Å². The molecule has 174 valence electrons. The molecule has 2 aliphatic rings. The summed E-state index contributed by atoms with van der Waals surface area (Å²) >= 11 is 1.15. The number of likely N-dealkylation sites (tertiary alicyclic amines) is 1. The van der Waals surface area contributed by atoms with Gasteiger partial charge in [-0.25, -0.2) is 4.98 Å². The molecule has 1 fully saturated rings. The second-order valence-corrected chi connectivity index (χ2v) is 9.52. The third-order valence-electron chi connectivity index (χ3n) is 6.03. The van der Waals surface area contributed by atoms with Gasteiger partial charge in [0.15, 0.2) is 10.9 Å². The van der Waals surface area contributed by atoms with Crippen molar-refractivity contribution in [1.29, 1.82) is 0 Å². The van der Waals surface area contributed by atoms with E-state index in [0.29, 0.717) is 53.8 Å². The number of ketones is 1. The van der Waals surface area contributed by atoms with Gasteiger partial charge in [-0.3, -0.25) is 24.5 Å². The molecule has 1 aromatic carbocycles. The van der Waals surface area contributed by atoms with Crippen molar-refractivity contribution in [3.63, 3.8) is 0 Å². The second-order valence-electron chi connectivity index (χ2n) is 8.52. The van der Waals surface area contributed by atoms with Gasteiger partial charge in [0, 0.05) is 31.5 Å². The summed E-state index contributed by atoms with van der Waals surface area (Å²) in [5.41, 5.74) is 2.04. The number of anilines is 1. The monoisotopic (exact) mass is 469 g/mol. The van der Waals surface area contributed by atoms with Crippen LogP contribution in [0.3, 0.4) is 0 Å². The Labute approximate surface area is 196 Å². The van der Waals surface area contributed by atoms with E-state index in [1.807, 2.05) is 19.1 Å². The summed E-state index contributed by atoms with van der Waals surface area (Å²) in [5, 5.41) is 3.13. The second kappa shape index (κ2) is 9.82. The molecule has 1 aromatic heterocycles. The van der Waals surface area contributed by atoms with Crippen LogP contribution in [0.25, 0.3) is 0 Å². The van der Waals surface area contributed by atoms with E-state index in [2.05, 4.69) is 10.3 Å². The van der Waals surface area contributed by atoms with Gasteiger partial charge in [0.2, 0.25) is 5.91 Å². The van der Waals surface area contributed by atoms with Crippen LogP contribution in [-0.2, 0) is 20.7 Å². The Hall–Kier alpha value is -3.07. The summed E-state index contributed by atoms with van der Waals surface area (Å²) < 4.78 is 5.12. The van der Waals surface area contributed by atoms with Crippen LogP contribution in [0.5, 0.6) is 0 Å². The predicted octanol–water partition coefficient (Wildman–Crippen LogP) is 3.25. The molecular formula is C24H27N3O5S. The Morgan fingerprint density at radius 3 is 2.82 bits per heavy atom. The molecule has 2 aromatic rings. The molecule has 1 aliphatic carbocycles. The quantitative estimate of drug-likeness (QED) is 0.674. The summed E-state index contributed by atoms with van der Waals surface area (Å²) in [6.07, 6.45) is 1.89. The summed E-state index contributed by atoms with van der Waals surface area (Å²) in [4.78, 5) is 57.2. The minimum absolute atomic E-state index is 0.111. The Bertz CT molecular complexity index is 1100. The summed E-state index contributed by atoms with van der Waals surface area (Å²) in [5.74, 6) is -1.65. The molecule has 0 radical (unpaired) electrons. The van der Waals surface area contributed by atoms with Gasteiger partial charge < -0.3 is 9.64 Å². The van der Waals surface area contributed by atoms with Crippen LogP contribution in [0.15, 0.2) is 24.3 Å². The van der Waals surface area contributed by atoms with Crippen molar-refractivity contribution in [2.24, 2.45) is 11.8 Å². The minimum atomic E-state index is -0.506. The highest BCUT2D eigenvalue weighted by Gasteiger charge is 2.37. The fraction of sp³-hybridized carbons (Fsp3) is 0.458. The number of Topliss-reactive ketones (excluding diaryl/α,β-unsaturated/α-hetero) is 1. The van der Waals surface area contributed by atoms with E-state index in [4.69, 9.17) is 4.74 Å². The number of fused-ring (bicyclic) bond motifs is 1. The number of amides is 2. The van der Waals surface area contributed by atoms with Crippen molar-refractivity contribution >= 4 is 40.0 Å². The number of ether oxygens (including phenoxy) is 1. The number of esters is 1. The first kappa shape index (κ1) is 23.1. The lowest BCUT2D eigenvalue weighted by Crippen LogP contribution is -2.46. The molecule has 1 saturated heterocycles. The van der Waals surface area contributed by atoms with Gasteiger partial charge in [0.25, 0.3) is 5.91 Å². The van der Waals surface area contributed by atoms with Gasteiger partial charge in [0.1, 0.15) is 0 Å². The molecule has 9 heteroatoms. The van der Waals surface area contributed by atoms with Gasteiger partial charge in [-0.05, 0) is 38.8 Å². The Kier molecular flexibility index (Phi) is 6.88. The molecule has 2 atom stereocenters. The zero-order valence-electron chi connectivity index (χ0n) is 18.8. The fourth-order valence-corrected chi connectivity index (χ4v) is 5.34. The number of nitrogens with zero attached hydrogens (tertiary/aromatic N) is 2. The van der Waals surface area contributed by atoms with Crippen LogP contribution in [0.2, 0.25) is 0 Å². The Morgan fingerprint density at radius 2 is 2.06 bits per heavy atom. The van der Waals surface area contributed by atoms with Gasteiger partial charge in [0.05, 0.1) is 29.0 Å². The van der Waals surface area contributed by atoms with Crippen LogP contribution in [-0.4, -0.2) is 53.1 Å². The molecule has 0 unspecified atom stereocenters. The highest BCUT2D eigenvalue weighted by Crippen LogP contribution is 2.34. The standard InChI is InChI=1S/C24H27N3O5S/c1-3-32-23(31)16-8-5-9-27(13-16)22(30)17-11-18-20(19(28)12-17)33-24(25-18)26-21(29)15-7-4-6-14(2)10-15/h4,6-7,10,16-17H,3,5,8-9,11-13H2,1-2H3,(H,25,26,29)/t16-,17+/m1/s1. The SMILES string of the molecule is CCOC(=O)[C@@H]1CCCN(C(=O)[C@@H]2CC(=O)c3sc(NC(=O)c4cccc(C)c4)nc3C2)C1. The smallest absolute Gasteiger partial charge is 0.310 e. The van der Waals surface area contributed by atoms with Crippen molar-refractivity contribution in [3.8, 4) is 0 Å². The lowest BCUT2D eigenvalue weighted by Gasteiger charge is -2.34. The molecule has 1 N–H and O–H groups in total. The van der Waals surface area contributed by atoms with Crippen LogP contribution in [0, 0.1) is 18.8 Å². The molecule has 2 heterocycles. The molecule has 1 aliphatic heterocycles. The number of thiazole rings is 1. The maximum Gasteiger partial charge on any atom is 0.310 e. The van der Waals surface area contributed by atoms with Crippen molar-refractivity contribution in [3.05, 3.63) is 46.0 Å². The third-order valence-corrected chi connectivity index (χ3v) is 7.08. The van der Waals surface area contributed by atoms with E-state index in [1.54, 1.807) is 24.0 Å². The summed E-state index contributed by atoms with van der Waals surface area (Å²) in [7, 11) is 0.